The molecule has 0 fully saturated rings. The first kappa shape index (κ1) is 29.5. The van der Waals surface area contributed by atoms with Crippen LogP contribution in [0.3, 0.4) is 0 Å². The molecule has 0 aliphatic heterocycles. The predicted octanol–water partition coefficient (Wildman–Crippen LogP) is 7.60. The van der Waals surface area contributed by atoms with Crippen molar-refractivity contribution in [3.8, 4) is 28.5 Å². The Hall–Kier alpha value is -4.98. The van der Waals surface area contributed by atoms with Crippen LogP contribution in [0.15, 0.2) is 87.1 Å². The number of para-hydroxylation sites is 1. The summed E-state index contributed by atoms with van der Waals surface area (Å²) in [5.74, 6) is 2.13. The van der Waals surface area contributed by atoms with E-state index in [9.17, 15) is 9.59 Å². The maximum absolute atomic E-state index is 13.7. The Labute approximate surface area is 250 Å². The Morgan fingerprint density at radius 3 is 2.56 bits per heavy atom. The van der Waals surface area contributed by atoms with E-state index in [1.54, 1.807) is 31.4 Å². The SMILES string of the molecule is CCCCOC(=O)c1ccc(-c2ccc(C=Nn3c(-c4cc(C(C)C)c(OC)cc4C)nc4ccccc4c3=O)o2)cc1. The van der Waals surface area contributed by atoms with Crippen molar-refractivity contribution in [2.45, 2.75) is 46.5 Å². The van der Waals surface area contributed by atoms with Crippen molar-refractivity contribution in [3.05, 3.63) is 106 Å². The largest absolute Gasteiger partial charge is 0.496 e. The summed E-state index contributed by atoms with van der Waals surface area (Å²) in [6.45, 7) is 8.61. The molecule has 0 bridgehead atoms. The van der Waals surface area contributed by atoms with Crippen LogP contribution in [0.4, 0.5) is 0 Å². The van der Waals surface area contributed by atoms with Gasteiger partial charge in [-0.25, -0.2) is 9.78 Å². The Kier molecular flexibility index (Phi) is 8.85. The highest BCUT2D eigenvalue weighted by Gasteiger charge is 2.18. The standard InChI is InChI=1S/C35H35N3O5/c1-6-7-18-42-35(40)25-14-12-24(13-15-25)31-17-16-26(43-31)21-36-38-33(37-30-11-9-8-10-27(30)34(38)39)29-20-28(22(2)3)32(41-5)19-23(29)4/h8-17,19-22H,6-7,18H2,1-5H3. The monoisotopic (exact) mass is 577 g/mol. The zero-order chi connectivity index (χ0) is 30.5. The Balaban J connectivity index is 1.50. The fourth-order valence-electron chi connectivity index (χ4n) is 4.83. The lowest BCUT2D eigenvalue weighted by atomic mass is 9.96. The molecule has 0 atom stereocenters. The minimum Gasteiger partial charge on any atom is -0.496 e. The molecule has 8 heteroatoms. The predicted molar refractivity (Wildman–Crippen MR) is 169 cm³/mol. The van der Waals surface area contributed by atoms with Crippen LogP contribution in [-0.4, -0.2) is 35.6 Å². The normalized spacial score (nSPS) is 11.5. The van der Waals surface area contributed by atoms with E-state index in [0.29, 0.717) is 40.4 Å². The van der Waals surface area contributed by atoms with Gasteiger partial charge in [-0.2, -0.15) is 9.78 Å². The highest BCUT2D eigenvalue weighted by atomic mass is 16.5. The smallest absolute Gasteiger partial charge is 0.338 e. The molecule has 2 heterocycles. The van der Waals surface area contributed by atoms with Gasteiger partial charge in [0.1, 0.15) is 17.3 Å². The first-order chi connectivity index (χ1) is 20.8. The number of carbonyl (C=O) groups excluding carboxylic acids is 1. The van der Waals surface area contributed by atoms with Gasteiger partial charge in [0.05, 0.1) is 36.4 Å². The highest BCUT2D eigenvalue weighted by Crippen LogP contribution is 2.34. The number of aryl methyl sites for hydroxylation is 1. The zero-order valence-electron chi connectivity index (χ0n) is 25.1. The van der Waals surface area contributed by atoms with Gasteiger partial charge in [0.15, 0.2) is 5.82 Å². The van der Waals surface area contributed by atoms with Crippen molar-refractivity contribution in [1.82, 2.24) is 9.66 Å². The molecule has 0 spiro atoms. The number of ether oxygens (including phenoxy) is 2. The summed E-state index contributed by atoms with van der Waals surface area (Å²) in [6, 6.07) is 21.9. The van der Waals surface area contributed by atoms with E-state index >= 15 is 0 Å². The number of unbranched alkanes of at least 4 members (excludes halogenated alkanes) is 1. The Bertz CT molecular complexity index is 1850. The van der Waals surface area contributed by atoms with Gasteiger partial charge in [-0.1, -0.05) is 51.5 Å². The number of methoxy groups -OCH3 is 1. The molecule has 0 unspecified atom stereocenters. The molecule has 0 aliphatic carbocycles. The van der Waals surface area contributed by atoms with E-state index in [-0.39, 0.29) is 17.4 Å². The second-order valence-electron chi connectivity index (χ2n) is 10.6. The zero-order valence-corrected chi connectivity index (χ0v) is 25.1. The Morgan fingerprint density at radius 1 is 1.07 bits per heavy atom. The van der Waals surface area contributed by atoms with E-state index < -0.39 is 0 Å². The second-order valence-corrected chi connectivity index (χ2v) is 10.6. The number of aromatic nitrogens is 2. The Morgan fingerprint density at radius 2 is 1.84 bits per heavy atom. The third-order valence-corrected chi connectivity index (χ3v) is 7.26. The van der Waals surface area contributed by atoms with Crippen molar-refractivity contribution in [3.63, 3.8) is 0 Å². The number of rotatable bonds is 10. The molecule has 3 aromatic carbocycles. The number of hydrogen-bond acceptors (Lipinski definition) is 7. The first-order valence-electron chi connectivity index (χ1n) is 14.4. The molecule has 220 valence electrons. The number of benzene rings is 3. The molecular weight excluding hydrogens is 542 g/mol. The topological polar surface area (TPSA) is 95.9 Å². The van der Waals surface area contributed by atoms with E-state index in [4.69, 9.17) is 18.9 Å². The molecule has 8 nitrogen and oxygen atoms in total. The van der Waals surface area contributed by atoms with Gasteiger partial charge in [0.2, 0.25) is 0 Å². The molecule has 0 aliphatic rings. The van der Waals surface area contributed by atoms with Gasteiger partial charge >= 0.3 is 5.97 Å². The third-order valence-electron chi connectivity index (χ3n) is 7.26. The average molecular weight is 578 g/mol. The second kappa shape index (κ2) is 12.9. The van der Waals surface area contributed by atoms with Gasteiger partial charge in [-0.15, -0.1) is 0 Å². The highest BCUT2D eigenvalue weighted by molar-refractivity contribution is 5.90. The summed E-state index contributed by atoms with van der Waals surface area (Å²) < 4.78 is 18.3. The molecule has 5 rings (SSSR count). The van der Waals surface area contributed by atoms with Crippen LogP contribution in [0, 0.1) is 6.92 Å². The van der Waals surface area contributed by atoms with Crippen molar-refractivity contribution in [2.24, 2.45) is 5.10 Å². The summed E-state index contributed by atoms with van der Waals surface area (Å²) in [6.07, 6.45) is 3.30. The summed E-state index contributed by atoms with van der Waals surface area (Å²) in [7, 11) is 1.66. The summed E-state index contributed by atoms with van der Waals surface area (Å²) in [5.41, 5.74) is 4.29. The lowest BCUT2D eigenvalue weighted by molar-refractivity contribution is 0.0499. The number of carbonyl (C=O) groups is 1. The molecule has 0 amide bonds. The number of furan rings is 1. The molecule has 0 saturated heterocycles. The fraction of sp³-hybridized carbons (Fsp3) is 0.257. The minimum absolute atomic E-state index is 0.195. The van der Waals surface area contributed by atoms with Crippen LogP contribution in [-0.2, 0) is 4.74 Å². The molecule has 43 heavy (non-hydrogen) atoms. The van der Waals surface area contributed by atoms with Gasteiger partial charge < -0.3 is 13.9 Å². The fourth-order valence-corrected chi connectivity index (χ4v) is 4.83. The maximum Gasteiger partial charge on any atom is 0.338 e. The summed E-state index contributed by atoms with van der Waals surface area (Å²) in [5, 5.41) is 5.04. The van der Waals surface area contributed by atoms with Crippen LogP contribution >= 0.6 is 0 Å². The maximum atomic E-state index is 13.7. The van der Waals surface area contributed by atoms with Crippen molar-refractivity contribution >= 4 is 23.1 Å². The van der Waals surface area contributed by atoms with Gasteiger partial charge in [0, 0.05) is 11.1 Å². The number of fused-ring (bicyclic) bond motifs is 1. The van der Waals surface area contributed by atoms with E-state index in [0.717, 1.165) is 40.8 Å². The summed E-state index contributed by atoms with van der Waals surface area (Å²) >= 11 is 0. The summed E-state index contributed by atoms with van der Waals surface area (Å²) in [4.78, 5) is 30.8. The van der Waals surface area contributed by atoms with E-state index in [1.165, 1.54) is 10.9 Å². The minimum atomic E-state index is -0.342. The molecular formula is C35H35N3O5. The van der Waals surface area contributed by atoms with Crippen LogP contribution in [0.5, 0.6) is 5.75 Å². The quantitative estimate of drug-likeness (QED) is 0.0963. The van der Waals surface area contributed by atoms with Crippen molar-refractivity contribution in [2.75, 3.05) is 13.7 Å². The molecule has 0 radical (unpaired) electrons. The van der Waals surface area contributed by atoms with Crippen LogP contribution < -0.4 is 10.3 Å². The lowest BCUT2D eigenvalue weighted by Gasteiger charge is -2.17. The van der Waals surface area contributed by atoms with Gasteiger partial charge in [-0.3, -0.25) is 4.79 Å². The van der Waals surface area contributed by atoms with Crippen molar-refractivity contribution in [1.29, 1.82) is 0 Å². The van der Waals surface area contributed by atoms with Crippen LogP contribution in [0.1, 0.15) is 66.8 Å². The lowest BCUT2D eigenvalue weighted by Crippen LogP contribution is -2.20. The third kappa shape index (κ3) is 6.28. The number of hydrogen-bond donors (Lipinski definition) is 0. The average Bonchev–Trinajstić information content (AvgIpc) is 3.49. The van der Waals surface area contributed by atoms with E-state index in [2.05, 4.69) is 18.9 Å². The van der Waals surface area contributed by atoms with Crippen LogP contribution in [0.2, 0.25) is 0 Å². The molecule has 0 N–H and O–H groups in total. The molecule has 2 aromatic heterocycles. The van der Waals surface area contributed by atoms with Crippen LogP contribution in [0.25, 0.3) is 33.6 Å². The van der Waals surface area contributed by atoms with Crippen molar-refractivity contribution < 1.29 is 18.7 Å². The van der Waals surface area contributed by atoms with Gasteiger partial charge in [0.25, 0.3) is 5.56 Å². The van der Waals surface area contributed by atoms with Gasteiger partial charge in [-0.05, 0) is 78.9 Å². The number of esters is 1. The first-order valence-corrected chi connectivity index (χ1v) is 14.4. The number of nitrogens with zero attached hydrogens (tertiary/aromatic N) is 3. The molecule has 0 saturated carbocycles. The van der Waals surface area contributed by atoms with E-state index in [1.807, 2.05) is 62.4 Å². The molecule has 5 aromatic rings.